The average molecular weight is 446 g/mol. The quantitative estimate of drug-likeness (QED) is 0.571. The van der Waals surface area contributed by atoms with Crippen LogP contribution in [0.3, 0.4) is 0 Å². The number of para-hydroxylation sites is 1. The van der Waals surface area contributed by atoms with Gasteiger partial charge in [-0.1, -0.05) is 25.1 Å². The number of pyridine rings is 1. The number of carbonyl (C=O) groups is 1. The molecule has 8 nitrogen and oxygen atoms in total. The fourth-order valence-corrected chi connectivity index (χ4v) is 4.43. The molecule has 3 aromatic rings. The van der Waals surface area contributed by atoms with Crippen LogP contribution in [0.1, 0.15) is 35.0 Å². The van der Waals surface area contributed by atoms with Crippen molar-refractivity contribution in [3.63, 3.8) is 0 Å². The van der Waals surface area contributed by atoms with Gasteiger partial charge in [0.1, 0.15) is 5.84 Å². The van der Waals surface area contributed by atoms with E-state index < -0.39 is 6.10 Å². The van der Waals surface area contributed by atoms with E-state index in [4.69, 9.17) is 4.74 Å². The summed E-state index contributed by atoms with van der Waals surface area (Å²) >= 11 is 0. The van der Waals surface area contributed by atoms with Crippen LogP contribution in [-0.2, 0) is 13.5 Å². The normalized spacial score (nSPS) is 20.7. The number of aryl methyl sites for hydroxylation is 2. The Hall–Kier alpha value is -3.52. The van der Waals surface area contributed by atoms with Crippen molar-refractivity contribution in [3.8, 4) is 17.1 Å². The maximum Gasteiger partial charge on any atom is 0.278 e. The number of carbonyl (C=O) groups excluding carboxylic acids is 1. The van der Waals surface area contributed by atoms with Crippen LogP contribution < -0.4 is 9.64 Å². The molecule has 2 aliphatic rings. The molecule has 5 rings (SSSR count). The van der Waals surface area contributed by atoms with E-state index in [1.807, 2.05) is 32.0 Å². The predicted octanol–water partition coefficient (Wildman–Crippen LogP) is 3.17. The number of amidine groups is 1. The van der Waals surface area contributed by atoms with Crippen molar-refractivity contribution in [2.45, 2.75) is 32.8 Å². The topological polar surface area (TPSA) is 92.8 Å². The Kier molecular flexibility index (Phi) is 5.46. The van der Waals surface area contributed by atoms with Gasteiger partial charge in [-0.3, -0.25) is 9.78 Å². The van der Waals surface area contributed by atoms with Gasteiger partial charge in [-0.15, -0.1) is 0 Å². The molecule has 33 heavy (non-hydrogen) atoms. The fourth-order valence-electron chi connectivity index (χ4n) is 4.43. The lowest BCUT2D eigenvalue weighted by atomic mass is 10.0. The SMILES string of the molecule is Cc1cc2cc(n1)-c1cnn(C)c1OC[C@@H](C)[C@@H](O)CCN1C(=NC2=O)Cc2ccccc21. The first-order chi connectivity index (χ1) is 15.9. The standard InChI is InChI=1S/C25H27N5O3/c1-15-14-33-25-19(13-26-29(25)3)20-11-18(10-16(2)27-20)24(32)28-23-12-17-6-4-5-7-21(17)30(23)9-8-22(15)31/h4-7,10-11,13,15,22,31H,8-9,12,14H2,1-3H3/t15-,22+/m1/s1. The van der Waals surface area contributed by atoms with E-state index >= 15 is 0 Å². The summed E-state index contributed by atoms with van der Waals surface area (Å²) in [6.07, 6.45) is 2.23. The van der Waals surface area contributed by atoms with Crippen LogP contribution in [0.2, 0.25) is 0 Å². The molecule has 0 unspecified atom stereocenters. The van der Waals surface area contributed by atoms with E-state index in [9.17, 15) is 9.90 Å². The molecule has 0 saturated heterocycles. The maximum absolute atomic E-state index is 13.3. The van der Waals surface area contributed by atoms with Crippen LogP contribution >= 0.6 is 0 Å². The molecular weight excluding hydrogens is 418 g/mol. The smallest absolute Gasteiger partial charge is 0.278 e. The Morgan fingerprint density at radius 3 is 2.88 bits per heavy atom. The first kappa shape index (κ1) is 21.3. The van der Waals surface area contributed by atoms with Gasteiger partial charge in [0, 0.05) is 42.9 Å². The summed E-state index contributed by atoms with van der Waals surface area (Å²) in [7, 11) is 1.80. The van der Waals surface area contributed by atoms with E-state index in [2.05, 4.69) is 26.0 Å². The molecule has 0 fully saturated rings. The maximum atomic E-state index is 13.3. The number of rotatable bonds is 0. The molecule has 1 N–H and O–H groups in total. The lowest BCUT2D eigenvalue weighted by Gasteiger charge is -2.24. The average Bonchev–Trinajstić information content (AvgIpc) is 3.34. The van der Waals surface area contributed by atoms with Gasteiger partial charge in [0.25, 0.3) is 5.91 Å². The number of ether oxygens (including phenoxy) is 1. The van der Waals surface area contributed by atoms with E-state index in [1.54, 1.807) is 30.1 Å². The van der Waals surface area contributed by atoms with E-state index in [-0.39, 0.29) is 11.8 Å². The van der Waals surface area contributed by atoms with Gasteiger partial charge in [0.05, 0.1) is 30.2 Å². The second kappa shape index (κ2) is 8.44. The number of anilines is 1. The molecule has 0 saturated carbocycles. The number of fused-ring (bicyclic) bond motifs is 7. The predicted molar refractivity (Wildman–Crippen MR) is 126 cm³/mol. The Balaban J connectivity index is 1.61. The first-order valence-electron chi connectivity index (χ1n) is 11.2. The third kappa shape index (κ3) is 4.02. The largest absolute Gasteiger partial charge is 0.477 e. The summed E-state index contributed by atoms with van der Waals surface area (Å²) in [5.41, 5.74) is 4.66. The van der Waals surface area contributed by atoms with Gasteiger partial charge in [0.15, 0.2) is 0 Å². The number of hydrogen-bond donors (Lipinski definition) is 1. The zero-order valence-corrected chi connectivity index (χ0v) is 19.0. The van der Waals surface area contributed by atoms with Crippen LogP contribution in [0.15, 0.2) is 47.6 Å². The van der Waals surface area contributed by atoms with Gasteiger partial charge < -0.3 is 14.7 Å². The monoisotopic (exact) mass is 445 g/mol. The summed E-state index contributed by atoms with van der Waals surface area (Å²) in [5.74, 6) is 0.843. The van der Waals surface area contributed by atoms with Crippen LogP contribution in [0.25, 0.3) is 11.3 Å². The van der Waals surface area contributed by atoms with Gasteiger partial charge in [0.2, 0.25) is 5.88 Å². The third-order valence-electron chi connectivity index (χ3n) is 6.32. The molecule has 2 aromatic heterocycles. The van der Waals surface area contributed by atoms with E-state index in [0.717, 1.165) is 11.3 Å². The minimum Gasteiger partial charge on any atom is -0.477 e. The number of aliphatic hydroxyl groups excluding tert-OH is 1. The summed E-state index contributed by atoms with van der Waals surface area (Å²) in [5, 5.41) is 15.2. The minimum absolute atomic E-state index is 0.0984. The second-order valence-corrected chi connectivity index (χ2v) is 8.80. The van der Waals surface area contributed by atoms with Crippen LogP contribution in [0.4, 0.5) is 5.69 Å². The van der Waals surface area contributed by atoms with Crippen molar-refractivity contribution >= 4 is 17.4 Å². The zero-order valence-electron chi connectivity index (χ0n) is 19.0. The first-order valence-corrected chi connectivity index (χ1v) is 11.2. The molecule has 0 aliphatic carbocycles. The molecular formula is C25H27N5O3. The number of hydrogen-bond acceptors (Lipinski definition) is 6. The molecule has 170 valence electrons. The summed E-state index contributed by atoms with van der Waals surface area (Å²) in [4.78, 5) is 24.5. The highest BCUT2D eigenvalue weighted by atomic mass is 16.5. The number of benzene rings is 1. The molecule has 1 amide bonds. The zero-order chi connectivity index (χ0) is 23.1. The molecule has 8 heteroatoms. The van der Waals surface area contributed by atoms with Gasteiger partial charge in [-0.25, -0.2) is 4.68 Å². The van der Waals surface area contributed by atoms with Crippen LogP contribution in [0, 0.1) is 12.8 Å². The molecule has 2 atom stereocenters. The Labute approximate surface area is 192 Å². The Morgan fingerprint density at radius 2 is 2.03 bits per heavy atom. The Morgan fingerprint density at radius 1 is 1.21 bits per heavy atom. The minimum atomic E-state index is -0.571. The number of aromatic nitrogens is 3. The van der Waals surface area contributed by atoms with Gasteiger partial charge >= 0.3 is 0 Å². The van der Waals surface area contributed by atoms with Crippen molar-refractivity contribution in [2.75, 3.05) is 18.1 Å². The molecule has 4 heterocycles. The number of nitrogens with zero attached hydrogens (tertiary/aromatic N) is 5. The highest BCUT2D eigenvalue weighted by Crippen LogP contribution is 2.32. The van der Waals surface area contributed by atoms with Crippen LogP contribution in [-0.4, -0.2) is 50.9 Å². The molecule has 0 spiro atoms. The third-order valence-corrected chi connectivity index (χ3v) is 6.32. The number of aliphatic hydroxyl groups is 1. The summed E-state index contributed by atoms with van der Waals surface area (Å²) in [6, 6.07) is 11.6. The van der Waals surface area contributed by atoms with Gasteiger partial charge in [-0.2, -0.15) is 10.1 Å². The second-order valence-electron chi connectivity index (χ2n) is 8.80. The van der Waals surface area contributed by atoms with Crippen molar-refractivity contribution < 1.29 is 14.6 Å². The fraction of sp³-hybridized carbons (Fsp3) is 0.360. The van der Waals surface area contributed by atoms with Crippen molar-refractivity contribution in [3.05, 3.63) is 59.4 Å². The van der Waals surface area contributed by atoms with E-state index in [0.29, 0.717) is 60.2 Å². The van der Waals surface area contributed by atoms with E-state index in [1.165, 1.54) is 0 Å². The van der Waals surface area contributed by atoms with Gasteiger partial charge in [-0.05, 0) is 37.1 Å². The summed E-state index contributed by atoms with van der Waals surface area (Å²) < 4.78 is 7.74. The highest BCUT2D eigenvalue weighted by molar-refractivity contribution is 6.12. The van der Waals surface area contributed by atoms with Crippen molar-refractivity contribution in [2.24, 2.45) is 18.0 Å². The highest BCUT2D eigenvalue weighted by Gasteiger charge is 2.28. The molecule has 2 aliphatic heterocycles. The van der Waals surface area contributed by atoms with Crippen molar-refractivity contribution in [1.29, 1.82) is 0 Å². The van der Waals surface area contributed by atoms with Crippen LogP contribution in [0.5, 0.6) is 5.88 Å². The molecule has 1 aromatic carbocycles. The summed E-state index contributed by atoms with van der Waals surface area (Å²) in [6.45, 7) is 4.72. The lowest BCUT2D eigenvalue weighted by Crippen LogP contribution is -2.33. The molecule has 2 bridgehead atoms. The Bertz CT molecular complexity index is 1250. The number of amides is 1. The van der Waals surface area contributed by atoms with Crippen molar-refractivity contribution in [1.82, 2.24) is 14.8 Å². The lowest BCUT2D eigenvalue weighted by molar-refractivity contribution is 0.0771. The molecule has 0 radical (unpaired) electrons. The number of aliphatic imine (C=N–C) groups is 1.